The zero-order valence-corrected chi connectivity index (χ0v) is 6.21. The lowest BCUT2D eigenvalue weighted by atomic mass is 10.1. The molecule has 0 aliphatic carbocycles. The van der Waals surface area contributed by atoms with E-state index in [0.717, 1.165) is 0 Å². The lowest BCUT2D eigenvalue weighted by molar-refractivity contribution is 0.611. The van der Waals surface area contributed by atoms with Crippen molar-refractivity contribution in [3.05, 3.63) is 35.1 Å². The van der Waals surface area contributed by atoms with E-state index in [1.54, 1.807) is 12.1 Å². The molecule has 0 aliphatic heterocycles. The Balaban J connectivity index is 3.18. The third-order valence-electron chi connectivity index (χ3n) is 1.47. The smallest absolute Gasteiger partial charge is 0.145 e. The monoisotopic (exact) mass is 160 g/mol. The first-order valence-electron chi connectivity index (χ1n) is 3.34. The van der Waals surface area contributed by atoms with Crippen molar-refractivity contribution in [2.45, 2.75) is 6.42 Å². The van der Waals surface area contributed by atoms with Crippen molar-refractivity contribution in [3.8, 4) is 12.1 Å². The third-order valence-corrected chi connectivity index (χ3v) is 1.47. The first-order valence-corrected chi connectivity index (χ1v) is 3.34. The number of benzene rings is 1. The number of rotatable bonds is 1. The minimum Gasteiger partial charge on any atom is -0.205 e. The molecule has 1 aromatic carbocycles. The van der Waals surface area contributed by atoms with Crippen LogP contribution in [0.1, 0.15) is 11.1 Å². The summed E-state index contributed by atoms with van der Waals surface area (Å²) in [7, 11) is 0. The summed E-state index contributed by atoms with van der Waals surface area (Å²) in [5.41, 5.74) is 0.263. The SMILES string of the molecule is N#CCc1cccc(C#N)c1F. The van der Waals surface area contributed by atoms with Crippen molar-refractivity contribution in [1.29, 1.82) is 10.5 Å². The summed E-state index contributed by atoms with van der Waals surface area (Å²) in [4.78, 5) is 0. The van der Waals surface area contributed by atoms with E-state index in [0.29, 0.717) is 0 Å². The average molecular weight is 160 g/mol. The Hall–Kier alpha value is -1.87. The van der Waals surface area contributed by atoms with Crippen molar-refractivity contribution in [1.82, 2.24) is 0 Å². The maximum Gasteiger partial charge on any atom is 0.145 e. The molecule has 0 saturated heterocycles. The van der Waals surface area contributed by atoms with Crippen LogP contribution in [-0.4, -0.2) is 0 Å². The highest BCUT2D eigenvalue weighted by Crippen LogP contribution is 2.11. The van der Waals surface area contributed by atoms with Crippen molar-refractivity contribution in [2.75, 3.05) is 0 Å². The second kappa shape index (κ2) is 3.50. The molecule has 12 heavy (non-hydrogen) atoms. The molecular weight excluding hydrogens is 155 g/mol. The van der Waals surface area contributed by atoms with E-state index in [9.17, 15) is 4.39 Å². The molecule has 0 aliphatic rings. The highest BCUT2D eigenvalue weighted by molar-refractivity contribution is 5.35. The van der Waals surface area contributed by atoms with Gasteiger partial charge in [-0.1, -0.05) is 12.1 Å². The fourth-order valence-electron chi connectivity index (χ4n) is 0.888. The van der Waals surface area contributed by atoms with Crippen molar-refractivity contribution >= 4 is 0 Å². The highest BCUT2D eigenvalue weighted by atomic mass is 19.1. The summed E-state index contributed by atoms with van der Waals surface area (Å²) in [6, 6.07) is 7.98. The van der Waals surface area contributed by atoms with Gasteiger partial charge in [0, 0.05) is 5.56 Å². The topological polar surface area (TPSA) is 47.6 Å². The molecule has 0 N–H and O–H groups in total. The molecule has 58 valence electrons. The first kappa shape index (κ1) is 8.23. The Kier molecular flexibility index (Phi) is 2.40. The second-order valence-corrected chi connectivity index (χ2v) is 2.23. The van der Waals surface area contributed by atoms with Crippen LogP contribution >= 0.6 is 0 Å². The van der Waals surface area contributed by atoms with Gasteiger partial charge in [0.2, 0.25) is 0 Å². The number of nitrogens with zero attached hydrogens (tertiary/aromatic N) is 2. The molecule has 0 radical (unpaired) electrons. The van der Waals surface area contributed by atoms with Gasteiger partial charge in [0.25, 0.3) is 0 Å². The molecule has 0 amide bonds. The predicted octanol–water partition coefficient (Wildman–Crippen LogP) is 1.76. The van der Waals surface area contributed by atoms with Gasteiger partial charge in [0.1, 0.15) is 11.9 Å². The molecule has 0 bridgehead atoms. The van der Waals surface area contributed by atoms with Crippen molar-refractivity contribution in [3.63, 3.8) is 0 Å². The van der Waals surface area contributed by atoms with Crippen LogP contribution in [0.3, 0.4) is 0 Å². The molecule has 0 spiro atoms. The molecule has 0 saturated carbocycles. The zero-order valence-electron chi connectivity index (χ0n) is 6.21. The Labute approximate surface area is 69.5 Å². The molecular formula is C9H5FN2. The fraction of sp³-hybridized carbons (Fsp3) is 0.111. The van der Waals surface area contributed by atoms with Crippen molar-refractivity contribution in [2.24, 2.45) is 0 Å². The largest absolute Gasteiger partial charge is 0.205 e. The molecule has 0 unspecified atom stereocenters. The molecule has 0 aromatic heterocycles. The van der Waals surface area contributed by atoms with Gasteiger partial charge in [0.15, 0.2) is 0 Å². The summed E-state index contributed by atoms with van der Waals surface area (Å²) < 4.78 is 13.1. The lowest BCUT2D eigenvalue weighted by Gasteiger charge is -1.97. The van der Waals surface area contributed by atoms with E-state index < -0.39 is 5.82 Å². The average Bonchev–Trinajstić information content (AvgIpc) is 2.09. The van der Waals surface area contributed by atoms with Crippen LogP contribution in [0.4, 0.5) is 4.39 Å². The molecule has 2 nitrogen and oxygen atoms in total. The van der Waals surface area contributed by atoms with E-state index in [2.05, 4.69) is 0 Å². The van der Waals surface area contributed by atoms with Gasteiger partial charge < -0.3 is 0 Å². The molecule has 0 heterocycles. The maximum absolute atomic E-state index is 13.1. The Morgan fingerprint density at radius 1 is 1.33 bits per heavy atom. The highest BCUT2D eigenvalue weighted by Gasteiger charge is 2.05. The molecule has 0 atom stereocenters. The normalized spacial score (nSPS) is 8.58. The Bertz CT molecular complexity index is 371. The van der Waals surface area contributed by atoms with Crippen LogP contribution < -0.4 is 0 Å². The van der Waals surface area contributed by atoms with Crippen LogP contribution in [-0.2, 0) is 6.42 Å². The minimum atomic E-state index is -0.582. The molecule has 0 fully saturated rings. The Morgan fingerprint density at radius 2 is 2.08 bits per heavy atom. The van der Waals surface area contributed by atoms with Crippen LogP contribution in [0.15, 0.2) is 18.2 Å². The summed E-state index contributed by atoms with van der Waals surface area (Å²) in [5.74, 6) is -0.582. The second-order valence-electron chi connectivity index (χ2n) is 2.23. The van der Waals surface area contributed by atoms with Crippen LogP contribution in [0.5, 0.6) is 0 Å². The maximum atomic E-state index is 13.1. The quantitative estimate of drug-likeness (QED) is 0.628. The van der Waals surface area contributed by atoms with Gasteiger partial charge in [0.05, 0.1) is 18.1 Å². The number of halogens is 1. The van der Waals surface area contributed by atoms with Gasteiger partial charge >= 0.3 is 0 Å². The standard InChI is InChI=1S/C9H5FN2/c10-9-7(4-5-11)2-1-3-8(9)6-12/h1-3H,4H2. The predicted molar refractivity (Wildman–Crippen MR) is 40.4 cm³/mol. The van der Waals surface area contributed by atoms with Crippen LogP contribution in [0.2, 0.25) is 0 Å². The first-order chi connectivity index (χ1) is 5.79. The molecule has 3 heteroatoms. The molecule has 1 rings (SSSR count). The van der Waals surface area contributed by atoms with Gasteiger partial charge in [-0.05, 0) is 6.07 Å². The van der Waals surface area contributed by atoms with E-state index in [-0.39, 0.29) is 17.5 Å². The number of hydrogen-bond acceptors (Lipinski definition) is 2. The summed E-state index contributed by atoms with van der Waals surface area (Å²) in [6.07, 6.45) is 0.00134. The van der Waals surface area contributed by atoms with E-state index in [1.165, 1.54) is 12.1 Å². The van der Waals surface area contributed by atoms with Crippen LogP contribution in [0, 0.1) is 28.5 Å². The van der Waals surface area contributed by atoms with E-state index in [1.807, 2.05) is 6.07 Å². The van der Waals surface area contributed by atoms with Gasteiger partial charge in [-0.2, -0.15) is 10.5 Å². The molecule has 1 aromatic rings. The third kappa shape index (κ3) is 1.41. The van der Waals surface area contributed by atoms with Gasteiger partial charge in [-0.3, -0.25) is 0 Å². The lowest BCUT2D eigenvalue weighted by Crippen LogP contribution is -1.91. The Morgan fingerprint density at radius 3 is 2.67 bits per heavy atom. The minimum absolute atomic E-state index is 0.00134. The zero-order chi connectivity index (χ0) is 8.97. The number of nitriles is 2. The summed E-state index contributed by atoms with van der Waals surface area (Å²) in [6.45, 7) is 0. The number of hydrogen-bond donors (Lipinski definition) is 0. The van der Waals surface area contributed by atoms with E-state index in [4.69, 9.17) is 10.5 Å². The van der Waals surface area contributed by atoms with E-state index >= 15 is 0 Å². The van der Waals surface area contributed by atoms with Gasteiger partial charge in [-0.15, -0.1) is 0 Å². The van der Waals surface area contributed by atoms with Gasteiger partial charge in [-0.25, -0.2) is 4.39 Å². The fourth-order valence-corrected chi connectivity index (χ4v) is 0.888. The summed E-state index contributed by atoms with van der Waals surface area (Å²) >= 11 is 0. The van der Waals surface area contributed by atoms with Crippen molar-refractivity contribution < 1.29 is 4.39 Å². The van der Waals surface area contributed by atoms with Crippen LogP contribution in [0.25, 0.3) is 0 Å². The summed E-state index contributed by atoms with van der Waals surface area (Å²) in [5, 5.41) is 16.7.